The Morgan fingerprint density at radius 1 is 1.44 bits per heavy atom. The second-order valence-electron chi connectivity index (χ2n) is 4.08. The first-order valence-electron chi connectivity index (χ1n) is 5.86. The molecule has 1 heterocycles. The lowest BCUT2D eigenvalue weighted by Gasteiger charge is -2.35. The van der Waals surface area contributed by atoms with Crippen LogP contribution in [0.25, 0.3) is 0 Å². The van der Waals surface area contributed by atoms with Crippen LogP contribution in [0.1, 0.15) is 29.3 Å². The normalized spacial score (nSPS) is 14.5. The zero-order chi connectivity index (χ0) is 11.5. The highest BCUT2D eigenvalue weighted by Gasteiger charge is 2.20. The summed E-state index contributed by atoms with van der Waals surface area (Å²) in [6.07, 6.45) is 2.16. The maximum absolute atomic E-state index is 11.7. The summed E-state index contributed by atoms with van der Waals surface area (Å²) in [5.74, 6) is 0.0132. The van der Waals surface area contributed by atoms with Crippen LogP contribution in [0.15, 0.2) is 18.2 Å². The Bertz CT molecular complexity index is 397. The van der Waals surface area contributed by atoms with E-state index < -0.39 is 0 Å². The first-order chi connectivity index (χ1) is 7.77. The molecule has 1 fully saturated rings. The number of hydrogen-bond donors (Lipinski definition) is 1. The van der Waals surface area contributed by atoms with Gasteiger partial charge in [0.15, 0.2) is 0 Å². The summed E-state index contributed by atoms with van der Waals surface area (Å²) in [6, 6.07) is 5.99. The average molecular weight is 218 g/mol. The Morgan fingerprint density at radius 3 is 2.69 bits per heavy atom. The lowest BCUT2D eigenvalue weighted by molar-refractivity contribution is 0.0962. The SMILES string of the molecule is CCc1c(C(=O)NC)cccc1N1CCC1. The Labute approximate surface area is 96.5 Å². The van der Waals surface area contributed by atoms with E-state index >= 15 is 0 Å². The van der Waals surface area contributed by atoms with Gasteiger partial charge in [0.05, 0.1) is 0 Å². The van der Waals surface area contributed by atoms with Gasteiger partial charge < -0.3 is 10.2 Å². The van der Waals surface area contributed by atoms with Crippen molar-refractivity contribution >= 4 is 11.6 Å². The molecule has 0 bridgehead atoms. The number of rotatable bonds is 3. The van der Waals surface area contributed by atoms with Crippen molar-refractivity contribution in [2.45, 2.75) is 19.8 Å². The van der Waals surface area contributed by atoms with E-state index in [0.29, 0.717) is 0 Å². The first kappa shape index (κ1) is 11.0. The predicted molar refractivity (Wildman–Crippen MR) is 66.0 cm³/mol. The molecule has 0 aromatic heterocycles. The topological polar surface area (TPSA) is 32.3 Å². The summed E-state index contributed by atoms with van der Waals surface area (Å²) in [5.41, 5.74) is 3.21. The van der Waals surface area contributed by atoms with Crippen molar-refractivity contribution in [1.82, 2.24) is 5.32 Å². The number of nitrogens with one attached hydrogen (secondary N) is 1. The quantitative estimate of drug-likeness (QED) is 0.839. The fourth-order valence-electron chi connectivity index (χ4n) is 2.15. The number of nitrogens with zero attached hydrogens (tertiary/aromatic N) is 1. The Balaban J connectivity index is 2.41. The third-order valence-electron chi connectivity index (χ3n) is 3.17. The molecular weight excluding hydrogens is 200 g/mol. The molecule has 1 saturated heterocycles. The van der Waals surface area contributed by atoms with Gasteiger partial charge in [0.2, 0.25) is 0 Å². The van der Waals surface area contributed by atoms with Crippen molar-refractivity contribution in [1.29, 1.82) is 0 Å². The minimum Gasteiger partial charge on any atom is -0.371 e. The van der Waals surface area contributed by atoms with Crippen molar-refractivity contribution in [2.75, 3.05) is 25.0 Å². The molecule has 86 valence electrons. The van der Waals surface area contributed by atoms with E-state index in [-0.39, 0.29) is 5.91 Å². The van der Waals surface area contributed by atoms with Crippen LogP contribution in [0.4, 0.5) is 5.69 Å². The molecule has 1 aromatic carbocycles. The van der Waals surface area contributed by atoms with Crippen LogP contribution in [-0.2, 0) is 6.42 Å². The minimum absolute atomic E-state index is 0.0132. The highest BCUT2D eigenvalue weighted by Crippen LogP contribution is 2.28. The van der Waals surface area contributed by atoms with Gasteiger partial charge in [-0.3, -0.25) is 4.79 Å². The van der Waals surface area contributed by atoms with Crippen LogP contribution >= 0.6 is 0 Å². The molecule has 1 amide bonds. The summed E-state index contributed by atoms with van der Waals surface area (Å²) in [4.78, 5) is 14.1. The van der Waals surface area contributed by atoms with Crippen LogP contribution < -0.4 is 10.2 Å². The Kier molecular flexibility index (Phi) is 3.13. The zero-order valence-corrected chi connectivity index (χ0v) is 9.92. The van der Waals surface area contributed by atoms with E-state index in [9.17, 15) is 4.79 Å². The average Bonchev–Trinajstić information content (AvgIpc) is 2.25. The number of anilines is 1. The first-order valence-corrected chi connectivity index (χ1v) is 5.86. The Morgan fingerprint density at radius 2 is 2.19 bits per heavy atom. The van der Waals surface area contributed by atoms with Crippen molar-refractivity contribution in [3.05, 3.63) is 29.3 Å². The van der Waals surface area contributed by atoms with E-state index in [1.165, 1.54) is 17.7 Å². The number of hydrogen-bond acceptors (Lipinski definition) is 2. The lowest BCUT2D eigenvalue weighted by atomic mass is 9.99. The summed E-state index contributed by atoms with van der Waals surface area (Å²) < 4.78 is 0. The zero-order valence-electron chi connectivity index (χ0n) is 9.92. The number of carbonyl (C=O) groups is 1. The highest BCUT2D eigenvalue weighted by atomic mass is 16.1. The van der Waals surface area contributed by atoms with Gasteiger partial charge in [0.25, 0.3) is 5.91 Å². The predicted octanol–water partition coefficient (Wildman–Crippen LogP) is 1.82. The smallest absolute Gasteiger partial charge is 0.251 e. The maximum Gasteiger partial charge on any atom is 0.251 e. The van der Waals surface area contributed by atoms with Gasteiger partial charge in [0.1, 0.15) is 0 Å². The van der Waals surface area contributed by atoms with Crippen molar-refractivity contribution in [2.24, 2.45) is 0 Å². The van der Waals surface area contributed by atoms with Crippen LogP contribution in [0.5, 0.6) is 0 Å². The summed E-state index contributed by atoms with van der Waals surface area (Å²) in [7, 11) is 1.68. The van der Waals surface area contributed by atoms with Gasteiger partial charge in [-0.25, -0.2) is 0 Å². The molecule has 0 aliphatic carbocycles. The van der Waals surface area contributed by atoms with Crippen molar-refractivity contribution < 1.29 is 4.79 Å². The van der Waals surface area contributed by atoms with Gasteiger partial charge in [-0.15, -0.1) is 0 Å². The molecule has 1 aromatic rings. The van der Waals surface area contributed by atoms with Crippen molar-refractivity contribution in [3.63, 3.8) is 0 Å². The summed E-state index contributed by atoms with van der Waals surface area (Å²) in [6.45, 7) is 4.33. The molecule has 1 aliphatic rings. The van der Waals surface area contributed by atoms with Gasteiger partial charge in [0, 0.05) is 31.4 Å². The maximum atomic E-state index is 11.7. The summed E-state index contributed by atoms with van der Waals surface area (Å²) in [5, 5.41) is 2.70. The van der Waals surface area contributed by atoms with Crippen LogP contribution in [-0.4, -0.2) is 26.0 Å². The van der Waals surface area contributed by atoms with Crippen molar-refractivity contribution in [3.8, 4) is 0 Å². The molecule has 0 atom stereocenters. The van der Waals surface area contributed by atoms with Crippen LogP contribution in [0, 0.1) is 0 Å². The van der Waals surface area contributed by atoms with E-state index in [1.807, 2.05) is 12.1 Å². The van der Waals surface area contributed by atoms with Gasteiger partial charge in [-0.1, -0.05) is 13.0 Å². The molecule has 2 rings (SSSR count). The van der Waals surface area contributed by atoms with Gasteiger partial charge >= 0.3 is 0 Å². The molecule has 1 aliphatic heterocycles. The standard InChI is InChI=1S/C13H18N2O/c1-3-10-11(13(16)14-2)6-4-7-12(10)15-8-5-9-15/h4,6-7H,3,5,8-9H2,1-2H3,(H,14,16). The van der Waals surface area contributed by atoms with Crippen LogP contribution in [0.2, 0.25) is 0 Å². The fourth-order valence-corrected chi connectivity index (χ4v) is 2.15. The molecule has 0 unspecified atom stereocenters. The monoisotopic (exact) mass is 218 g/mol. The number of benzene rings is 1. The lowest BCUT2D eigenvalue weighted by Crippen LogP contribution is -2.38. The largest absolute Gasteiger partial charge is 0.371 e. The van der Waals surface area contributed by atoms with Gasteiger partial charge in [-0.2, -0.15) is 0 Å². The fraction of sp³-hybridized carbons (Fsp3) is 0.462. The third-order valence-corrected chi connectivity index (χ3v) is 3.17. The molecule has 1 N–H and O–H groups in total. The number of carbonyl (C=O) groups excluding carboxylic acids is 1. The molecule has 0 spiro atoms. The molecule has 3 nitrogen and oxygen atoms in total. The van der Waals surface area contributed by atoms with E-state index in [0.717, 1.165) is 25.1 Å². The molecule has 16 heavy (non-hydrogen) atoms. The molecule has 3 heteroatoms. The van der Waals surface area contributed by atoms with E-state index in [4.69, 9.17) is 0 Å². The van der Waals surface area contributed by atoms with E-state index in [2.05, 4.69) is 23.2 Å². The van der Waals surface area contributed by atoms with Crippen LogP contribution in [0.3, 0.4) is 0 Å². The molecule has 0 radical (unpaired) electrons. The Hall–Kier alpha value is -1.51. The van der Waals surface area contributed by atoms with Gasteiger partial charge in [-0.05, 0) is 30.5 Å². The second kappa shape index (κ2) is 4.56. The molecular formula is C13H18N2O. The third kappa shape index (κ3) is 1.77. The second-order valence-corrected chi connectivity index (χ2v) is 4.08. The number of amides is 1. The summed E-state index contributed by atoms with van der Waals surface area (Å²) >= 11 is 0. The highest BCUT2D eigenvalue weighted by molar-refractivity contribution is 5.97. The van der Waals surface area contributed by atoms with E-state index in [1.54, 1.807) is 7.05 Å². The minimum atomic E-state index is 0.0132. The molecule has 0 saturated carbocycles.